The van der Waals surface area contributed by atoms with Crippen LogP contribution in [0.3, 0.4) is 0 Å². The van der Waals surface area contributed by atoms with Crippen LogP contribution in [0.5, 0.6) is 0 Å². The zero-order valence-electron chi connectivity index (χ0n) is 8.92. The predicted molar refractivity (Wildman–Crippen MR) is 58.1 cm³/mol. The number of aromatic amines is 2. The van der Waals surface area contributed by atoms with Crippen LogP contribution in [0.25, 0.3) is 0 Å². The highest BCUT2D eigenvalue weighted by molar-refractivity contribution is 5.27. The minimum Gasteiger partial charge on any atom is -0.341 e. The highest BCUT2D eigenvalue weighted by atomic mass is 16.1. The first-order valence-electron chi connectivity index (χ1n) is 5.34. The summed E-state index contributed by atoms with van der Waals surface area (Å²) in [6.45, 7) is 3.01. The Hall–Kier alpha value is -1.30. The molecule has 6 heteroatoms. The molecule has 0 bridgehead atoms. The molecule has 0 radical (unpaired) electrons. The van der Waals surface area contributed by atoms with Gasteiger partial charge in [-0.1, -0.05) is 0 Å². The largest absolute Gasteiger partial charge is 0.342 e. The summed E-state index contributed by atoms with van der Waals surface area (Å²) in [6.07, 6.45) is 2.30. The van der Waals surface area contributed by atoms with Gasteiger partial charge in [-0.2, -0.15) is 0 Å². The highest BCUT2D eigenvalue weighted by Gasteiger charge is 2.20. The van der Waals surface area contributed by atoms with Gasteiger partial charge in [0.15, 0.2) is 0 Å². The smallest absolute Gasteiger partial charge is 0.341 e. The molecule has 15 heavy (non-hydrogen) atoms. The second-order valence-corrected chi connectivity index (χ2v) is 3.99. The molecule has 2 rings (SSSR count). The third-order valence-corrected chi connectivity index (χ3v) is 2.90. The third kappa shape index (κ3) is 2.38. The molecule has 0 unspecified atom stereocenters. The summed E-state index contributed by atoms with van der Waals surface area (Å²) in [7, 11) is 1.98. The summed E-state index contributed by atoms with van der Waals surface area (Å²) < 4.78 is 0. The monoisotopic (exact) mass is 211 g/mol. The van der Waals surface area contributed by atoms with Gasteiger partial charge in [0.25, 0.3) is 0 Å². The van der Waals surface area contributed by atoms with Crippen LogP contribution >= 0.6 is 0 Å². The van der Waals surface area contributed by atoms with Crippen LogP contribution in [0.4, 0.5) is 5.95 Å². The second-order valence-electron chi connectivity index (χ2n) is 3.99. The number of anilines is 1. The second kappa shape index (κ2) is 4.48. The maximum absolute atomic E-state index is 10.9. The van der Waals surface area contributed by atoms with Crippen molar-refractivity contribution in [2.75, 3.05) is 31.6 Å². The molecule has 0 aliphatic carbocycles. The zero-order valence-corrected chi connectivity index (χ0v) is 8.92. The fourth-order valence-electron chi connectivity index (χ4n) is 2.05. The molecular weight excluding hydrogens is 194 g/mol. The van der Waals surface area contributed by atoms with Gasteiger partial charge in [0.1, 0.15) is 0 Å². The van der Waals surface area contributed by atoms with E-state index in [9.17, 15) is 4.79 Å². The van der Waals surface area contributed by atoms with Crippen molar-refractivity contribution in [2.45, 2.75) is 12.8 Å². The van der Waals surface area contributed by atoms with Gasteiger partial charge in [-0.15, -0.1) is 5.10 Å². The van der Waals surface area contributed by atoms with Crippen molar-refractivity contribution < 1.29 is 0 Å². The lowest BCUT2D eigenvalue weighted by Gasteiger charge is -2.31. The lowest BCUT2D eigenvalue weighted by Crippen LogP contribution is -2.37. The lowest BCUT2D eigenvalue weighted by atomic mass is 9.97. The Balaban J connectivity index is 1.91. The van der Waals surface area contributed by atoms with Crippen LogP contribution < -0.4 is 15.9 Å². The average molecular weight is 211 g/mol. The summed E-state index contributed by atoms with van der Waals surface area (Å²) in [6, 6.07) is 0. The van der Waals surface area contributed by atoms with E-state index in [4.69, 9.17) is 0 Å². The van der Waals surface area contributed by atoms with Crippen LogP contribution in [0, 0.1) is 5.92 Å². The molecule has 0 atom stereocenters. The topological polar surface area (TPSA) is 76.8 Å². The normalized spacial score (nSPS) is 18.3. The number of hydrogen-bond acceptors (Lipinski definition) is 4. The zero-order chi connectivity index (χ0) is 10.7. The van der Waals surface area contributed by atoms with Gasteiger partial charge < -0.3 is 10.2 Å². The van der Waals surface area contributed by atoms with Gasteiger partial charge in [-0.25, -0.2) is 9.89 Å². The Bertz CT molecular complexity index is 349. The number of piperidine rings is 1. The van der Waals surface area contributed by atoms with Crippen molar-refractivity contribution in [2.24, 2.45) is 5.92 Å². The standard InChI is InChI=1S/C9H17N5O/c1-10-6-7-2-4-14(5-3-7)8-11-9(15)13-12-8/h7,10H,2-6H2,1H3,(H2,11,12,13,15). The number of aromatic nitrogens is 3. The Morgan fingerprint density at radius 1 is 1.53 bits per heavy atom. The molecule has 1 fully saturated rings. The van der Waals surface area contributed by atoms with E-state index in [1.54, 1.807) is 0 Å². The van der Waals surface area contributed by atoms with E-state index in [2.05, 4.69) is 25.4 Å². The molecule has 1 aromatic heterocycles. The Labute approximate surface area is 88.1 Å². The Morgan fingerprint density at radius 3 is 2.80 bits per heavy atom. The fourth-order valence-corrected chi connectivity index (χ4v) is 2.05. The van der Waals surface area contributed by atoms with Crippen LogP contribution in [0.2, 0.25) is 0 Å². The van der Waals surface area contributed by atoms with Crippen molar-refractivity contribution >= 4 is 5.95 Å². The van der Waals surface area contributed by atoms with Crippen molar-refractivity contribution in [1.82, 2.24) is 20.5 Å². The van der Waals surface area contributed by atoms with Gasteiger partial charge >= 0.3 is 5.69 Å². The summed E-state index contributed by atoms with van der Waals surface area (Å²) in [5, 5.41) is 9.51. The summed E-state index contributed by atoms with van der Waals surface area (Å²) in [5.41, 5.74) is -0.234. The number of H-pyrrole nitrogens is 2. The number of hydrogen-bond donors (Lipinski definition) is 3. The summed E-state index contributed by atoms with van der Waals surface area (Å²) >= 11 is 0. The predicted octanol–water partition coefficient (Wildman–Crippen LogP) is -0.466. The van der Waals surface area contributed by atoms with E-state index in [1.807, 2.05) is 7.05 Å². The van der Waals surface area contributed by atoms with E-state index in [-0.39, 0.29) is 5.69 Å². The molecule has 1 aliphatic rings. The van der Waals surface area contributed by atoms with E-state index in [0.717, 1.165) is 38.4 Å². The SMILES string of the molecule is CNCC1CCN(c2n[nH]c(=O)[nH]2)CC1. The van der Waals surface area contributed by atoms with Crippen molar-refractivity contribution in [3.63, 3.8) is 0 Å². The Morgan fingerprint density at radius 2 is 2.27 bits per heavy atom. The van der Waals surface area contributed by atoms with Crippen LogP contribution in [-0.4, -0.2) is 41.9 Å². The number of nitrogens with zero attached hydrogens (tertiary/aromatic N) is 2. The van der Waals surface area contributed by atoms with Gasteiger partial charge in [0, 0.05) is 13.1 Å². The van der Waals surface area contributed by atoms with E-state index in [1.165, 1.54) is 0 Å². The first kappa shape index (κ1) is 10.2. The van der Waals surface area contributed by atoms with Crippen molar-refractivity contribution in [3.8, 4) is 0 Å². The molecule has 1 aromatic rings. The molecule has 1 aliphatic heterocycles. The molecule has 0 saturated carbocycles. The van der Waals surface area contributed by atoms with Crippen LogP contribution in [-0.2, 0) is 0 Å². The quantitative estimate of drug-likeness (QED) is 0.632. The van der Waals surface area contributed by atoms with E-state index >= 15 is 0 Å². The number of rotatable bonds is 3. The van der Waals surface area contributed by atoms with Crippen LogP contribution in [0.1, 0.15) is 12.8 Å². The lowest BCUT2D eigenvalue weighted by molar-refractivity contribution is 0.391. The molecular formula is C9H17N5O. The first-order chi connectivity index (χ1) is 7.29. The Kier molecular flexibility index (Phi) is 3.05. The maximum atomic E-state index is 10.9. The molecule has 3 N–H and O–H groups in total. The molecule has 2 heterocycles. The third-order valence-electron chi connectivity index (χ3n) is 2.90. The van der Waals surface area contributed by atoms with E-state index in [0.29, 0.717) is 5.95 Å². The summed E-state index contributed by atoms with van der Waals surface area (Å²) in [4.78, 5) is 15.7. The van der Waals surface area contributed by atoms with Crippen molar-refractivity contribution in [3.05, 3.63) is 10.5 Å². The van der Waals surface area contributed by atoms with E-state index < -0.39 is 0 Å². The maximum Gasteiger partial charge on any atom is 0.342 e. The molecule has 1 saturated heterocycles. The van der Waals surface area contributed by atoms with Gasteiger partial charge in [-0.05, 0) is 32.4 Å². The first-order valence-corrected chi connectivity index (χ1v) is 5.34. The molecule has 0 aromatic carbocycles. The highest BCUT2D eigenvalue weighted by Crippen LogP contribution is 2.18. The minimum atomic E-state index is -0.234. The average Bonchev–Trinajstić information content (AvgIpc) is 2.67. The fraction of sp³-hybridized carbons (Fsp3) is 0.778. The number of nitrogens with one attached hydrogen (secondary N) is 3. The van der Waals surface area contributed by atoms with Crippen LogP contribution in [0.15, 0.2) is 4.79 Å². The van der Waals surface area contributed by atoms with Gasteiger partial charge in [0.2, 0.25) is 5.95 Å². The van der Waals surface area contributed by atoms with Gasteiger partial charge in [-0.3, -0.25) is 4.98 Å². The molecule has 6 nitrogen and oxygen atoms in total. The molecule has 0 amide bonds. The summed E-state index contributed by atoms with van der Waals surface area (Å²) in [5.74, 6) is 1.42. The minimum absolute atomic E-state index is 0.234. The molecule has 0 spiro atoms. The molecule has 84 valence electrons. The van der Waals surface area contributed by atoms with Gasteiger partial charge in [0.05, 0.1) is 0 Å². The van der Waals surface area contributed by atoms with Crippen molar-refractivity contribution in [1.29, 1.82) is 0 Å².